The molecule has 0 aliphatic heterocycles. The molecule has 4 N–H and O–H groups in total. The molecule has 0 fully saturated rings. The van der Waals surface area contributed by atoms with Gasteiger partial charge >= 0.3 is 7.82 Å². The standard InChI is InChI=1S/C21H26ClN2O6P/c1-29-16-6-8-19-18(11-16)21(17-7-5-15(22)10-20(17)24-19)23-9-3-2-4-14(12-25)13-30-31(26,27)28/h5-8,10-11,14,25H,2-4,9,12-13H2,1H3,(H,23,24)(H2,26,27,28)/t14-/m0/s1. The van der Waals surface area contributed by atoms with Crippen molar-refractivity contribution in [2.24, 2.45) is 5.92 Å². The number of aliphatic hydroxyl groups excluding tert-OH is 1. The average molecular weight is 469 g/mol. The van der Waals surface area contributed by atoms with Crippen LogP contribution in [0.15, 0.2) is 36.4 Å². The summed E-state index contributed by atoms with van der Waals surface area (Å²) in [6.07, 6.45) is 2.16. The molecule has 0 amide bonds. The molecular formula is C21H26ClN2O6P. The van der Waals surface area contributed by atoms with Crippen molar-refractivity contribution < 1.29 is 28.7 Å². The second-order valence-electron chi connectivity index (χ2n) is 7.29. The molecule has 1 atom stereocenters. The lowest BCUT2D eigenvalue weighted by atomic mass is 10.0. The average Bonchev–Trinajstić information content (AvgIpc) is 2.73. The molecule has 0 bridgehead atoms. The third kappa shape index (κ3) is 6.53. The van der Waals surface area contributed by atoms with Gasteiger partial charge in [0.25, 0.3) is 0 Å². The second-order valence-corrected chi connectivity index (χ2v) is 8.96. The highest BCUT2D eigenvalue weighted by Crippen LogP contribution is 2.37. The van der Waals surface area contributed by atoms with Crippen LogP contribution in [0, 0.1) is 5.92 Å². The minimum absolute atomic E-state index is 0.172. The lowest BCUT2D eigenvalue weighted by Gasteiger charge is -2.16. The summed E-state index contributed by atoms with van der Waals surface area (Å²) in [6.45, 7) is 0.313. The van der Waals surface area contributed by atoms with Crippen LogP contribution in [0.3, 0.4) is 0 Å². The number of phosphoric acid groups is 1. The Morgan fingerprint density at radius 1 is 1.13 bits per heavy atom. The summed E-state index contributed by atoms with van der Waals surface area (Å²) >= 11 is 6.15. The van der Waals surface area contributed by atoms with E-state index in [0.29, 0.717) is 18.0 Å². The minimum Gasteiger partial charge on any atom is -0.497 e. The summed E-state index contributed by atoms with van der Waals surface area (Å²) in [5.41, 5.74) is 2.56. The third-order valence-electron chi connectivity index (χ3n) is 5.02. The molecule has 0 unspecified atom stereocenters. The Hall–Kier alpha value is -1.93. The topological polar surface area (TPSA) is 121 Å². The molecule has 31 heavy (non-hydrogen) atoms. The number of methoxy groups -OCH3 is 1. The molecule has 0 aliphatic rings. The summed E-state index contributed by atoms with van der Waals surface area (Å²) < 4.78 is 20.7. The predicted octanol–water partition coefficient (Wildman–Crippen LogP) is 4.35. The van der Waals surface area contributed by atoms with Crippen molar-refractivity contribution in [3.05, 3.63) is 41.4 Å². The Morgan fingerprint density at radius 2 is 1.94 bits per heavy atom. The zero-order valence-corrected chi connectivity index (χ0v) is 18.8. The van der Waals surface area contributed by atoms with Crippen LogP contribution in [0.25, 0.3) is 21.8 Å². The van der Waals surface area contributed by atoms with E-state index in [2.05, 4.69) is 9.84 Å². The molecule has 8 nitrogen and oxygen atoms in total. The summed E-state index contributed by atoms with van der Waals surface area (Å²) in [4.78, 5) is 22.3. The fourth-order valence-corrected chi connectivity index (χ4v) is 3.99. The summed E-state index contributed by atoms with van der Waals surface area (Å²) in [6, 6.07) is 11.3. The molecule has 3 rings (SSSR count). The Bertz CT molecular complexity index is 1090. The molecule has 10 heteroatoms. The largest absolute Gasteiger partial charge is 0.497 e. The lowest BCUT2D eigenvalue weighted by Crippen LogP contribution is -2.14. The highest BCUT2D eigenvalue weighted by molar-refractivity contribution is 7.46. The van der Waals surface area contributed by atoms with Gasteiger partial charge in [-0.05, 0) is 49.2 Å². The highest BCUT2D eigenvalue weighted by Gasteiger charge is 2.17. The SMILES string of the molecule is COc1ccc2nc3cc(Cl)ccc3c(NCCCC[C@@H](CO)COP(=O)(O)O)c2c1. The Morgan fingerprint density at radius 3 is 2.65 bits per heavy atom. The van der Waals surface area contributed by atoms with Gasteiger partial charge in [-0.2, -0.15) is 0 Å². The molecular weight excluding hydrogens is 443 g/mol. The van der Waals surface area contributed by atoms with Crippen molar-refractivity contribution in [3.63, 3.8) is 0 Å². The third-order valence-corrected chi connectivity index (χ3v) is 5.74. The number of rotatable bonds is 11. The van der Waals surface area contributed by atoms with Crippen molar-refractivity contribution in [2.45, 2.75) is 19.3 Å². The number of phosphoric ester groups is 1. The van der Waals surface area contributed by atoms with Gasteiger partial charge in [0, 0.05) is 34.9 Å². The monoisotopic (exact) mass is 468 g/mol. The van der Waals surface area contributed by atoms with Gasteiger partial charge in [-0.15, -0.1) is 0 Å². The summed E-state index contributed by atoms with van der Waals surface area (Å²) in [7, 11) is -2.90. The van der Waals surface area contributed by atoms with E-state index >= 15 is 0 Å². The van der Waals surface area contributed by atoms with Crippen LogP contribution >= 0.6 is 19.4 Å². The Kier molecular flexibility index (Phi) is 8.11. The number of unbranched alkanes of at least 4 members (excludes halogenated alkanes) is 1. The maximum atomic E-state index is 10.8. The number of anilines is 1. The first kappa shape index (κ1) is 23.7. The minimum atomic E-state index is -4.52. The molecule has 0 saturated heterocycles. The number of nitrogens with one attached hydrogen (secondary N) is 1. The number of pyridine rings is 1. The van der Waals surface area contributed by atoms with Crippen molar-refractivity contribution >= 4 is 46.9 Å². The first-order valence-corrected chi connectivity index (χ1v) is 11.8. The van der Waals surface area contributed by atoms with Crippen LogP contribution in [0.4, 0.5) is 5.69 Å². The maximum absolute atomic E-state index is 10.8. The van der Waals surface area contributed by atoms with Crippen LogP contribution < -0.4 is 10.1 Å². The number of nitrogens with zero attached hydrogens (tertiary/aromatic N) is 1. The first-order chi connectivity index (χ1) is 14.8. The molecule has 3 aromatic rings. The molecule has 1 aromatic heterocycles. The van der Waals surface area contributed by atoms with Crippen molar-refractivity contribution in [2.75, 3.05) is 32.2 Å². The number of hydrogen-bond donors (Lipinski definition) is 4. The van der Waals surface area contributed by atoms with Crippen LogP contribution in [-0.2, 0) is 9.09 Å². The van der Waals surface area contributed by atoms with Gasteiger partial charge in [0.1, 0.15) is 5.75 Å². The number of aliphatic hydroxyl groups is 1. The zero-order valence-electron chi connectivity index (χ0n) is 17.1. The molecule has 2 aromatic carbocycles. The van der Waals surface area contributed by atoms with E-state index in [1.54, 1.807) is 7.11 Å². The number of aromatic nitrogens is 1. The lowest BCUT2D eigenvalue weighted by molar-refractivity contribution is 0.123. The molecule has 0 aliphatic carbocycles. The van der Waals surface area contributed by atoms with Crippen LogP contribution in [0.5, 0.6) is 5.75 Å². The Balaban J connectivity index is 1.70. The van der Waals surface area contributed by atoms with Crippen molar-refractivity contribution in [1.29, 1.82) is 0 Å². The molecule has 0 saturated carbocycles. The van der Waals surface area contributed by atoms with Gasteiger partial charge in [0.05, 0.1) is 30.4 Å². The van der Waals surface area contributed by atoms with E-state index in [0.717, 1.165) is 46.1 Å². The number of fused-ring (bicyclic) bond motifs is 2. The molecule has 1 heterocycles. The van der Waals surface area contributed by atoms with E-state index in [-0.39, 0.29) is 19.1 Å². The van der Waals surface area contributed by atoms with Gasteiger partial charge in [-0.25, -0.2) is 9.55 Å². The Labute approximate surface area is 185 Å². The van der Waals surface area contributed by atoms with E-state index in [4.69, 9.17) is 31.1 Å². The van der Waals surface area contributed by atoms with E-state index in [1.807, 2.05) is 36.4 Å². The second kappa shape index (κ2) is 10.6. The fraction of sp³-hybridized carbons (Fsp3) is 0.381. The van der Waals surface area contributed by atoms with Gasteiger partial charge in [0.15, 0.2) is 0 Å². The van der Waals surface area contributed by atoms with Gasteiger partial charge < -0.3 is 24.9 Å². The van der Waals surface area contributed by atoms with E-state index in [1.165, 1.54) is 0 Å². The molecule has 0 radical (unpaired) electrons. The van der Waals surface area contributed by atoms with E-state index < -0.39 is 7.82 Å². The van der Waals surface area contributed by atoms with E-state index in [9.17, 15) is 9.67 Å². The fourth-order valence-electron chi connectivity index (χ4n) is 3.42. The molecule has 168 valence electrons. The van der Waals surface area contributed by atoms with Crippen LogP contribution in [0.1, 0.15) is 19.3 Å². The number of halogens is 1. The number of ether oxygens (including phenoxy) is 1. The normalized spacial score (nSPS) is 12.9. The number of benzene rings is 2. The van der Waals surface area contributed by atoms with Crippen molar-refractivity contribution in [3.8, 4) is 5.75 Å². The first-order valence-electron chi connectivity index (χ1n) is 9.92. The number of hydrogen-bond acceptors (Lipinski definition) is 6. The summed E-state index contributed by atoms with van der Waals surface area (Å²) in [5.74, 6) is 0.420. The quantitative estimate of drug-likeness (QED) is 0.186. The van der Waals surface area contributed by atoms with Crippen molar-refractivity contribution in [1.82, 2.24) is 4.98 Å². The zero-order chi connectivity index (χ0) is 22.4. The smallest absolute Gasteiger partial charge is 0.469 e. The summed E-state index contributed by atoms with van der Waals surface area (Å²) in [5, 5.41) is 15.4. The predicted molar refractivity (Wildman–Crippen MR) is 122 cm³/mol. The van der Waals surface area contributed by atoms with Crippen LogP contribution in [0.2, 0.25) is 5.02 Å². The van der Waals surface area contributed by atoms with Gasteiger partial charge in [0.2, 0.25) is 0 Å². The van der Waals surface area contributed by atoms with Gasteiger partial charge in [-0.1, -0.05) is 18.0 Å². The maximum Gasteiger partial charge on any atom is 0.469 e. The molecule has 0 spiro atoms. The highest BCUT2D eigenvalue weighted by atomic mass is 35.5. The van der Waals surface area contributed by atoms with Gasteiger partial charge in [-0.3, -0.25) is 4.52 Å². The van der Waals surface area contributed by atoms with Crippen LogP contribution in [-0.4, -0.2) is 46.7 Å².